The van der Waals surface area contributed by atoms with E-state index >= 15 is 0 Å². The molecule has 0 saturated heterocycles. The molecule has 12 aromatic rings. The number of nitrogens with zero attached hydrogens (tertiary/aromatic N) is 16. The Morgan fingerprint density at radius 3 is 1.20 bits per heavy atom. The molecule has 4 aromatic carbocycles. The van der Waals surface area contributed by atoms with E-state index in [4.69, 9.17) is 77.6 Å². The quantitative estimate of drug-likeness (QED) is 0.0420. The summed E-state index contributed by atoms with van der Waals surface area (Å²) in [4.78, 5) is 92.4. The van der Waals surface area contributed by atoms with Gasteiger partial charge in [0.15, 0.2) is 8.32 Å². The van der Waals surface area contributed by atoms with Crippen LogP contribution in [0.1, 0.15) is 213 Å². The molecule has 4 aliphatic carbocycles. The molecule has 8 aromatic heterocycles. The van der Waals surface area contributed by atoms with E-state index in [1.165, 1.54) is 124 Å². The molecule has 10 heterocycles. The maximum Gasteiger partial charge on any atom is 0.267 e. The number of carbonyl (C=O) groups excluding carboxylic acids is 4. The highest BCUT2D eigenvalue weighted by molar-refractivity contribution is 6.74. The van der Waals surface area contributed by atoms with Crippen molar-refractivity contribution in [2.45, 2.75) is 193 Å². The van der Waals surface area contributed by atoms with Crippen molar-refractivity contribution in [2.75, 3.05) is 77.9 Å². The summed E-state index contributed by atoms with van der Waals surface area (Å²) in [6.07, 6.45) is 27.4. The Hall–Kier alpha value is -9.77. The molecule has 0 bridgehead atoms. The molecule has 25 nitrogen and oxygen atoms in total. The predicted molar refractivity (Wildman–Crippen MR) is 482 cm³/mol. The van der Waals surface area contributed by atoms with Crippen molar-refractivity contribution in [1.29, 1.82) is 0 Å². The van der Waals surface area contributed by atoms with E-state index in [1.54, 1.807) is 14.7 Å². The minimum Gasteiger partial charge on any atom is -0.475 e. The van der Waals surface area contributed by atoms with E-state index in [1.807, 2.05) is 6.07 Å². The van der Waals surface area contributed by atoms with Gasteiger partial charge >= 0.3 is 0 Å². The summed E-state index contributed by atoms with van der Waals surface area (Å²) in [6, 6.07) is 25.3. The fourth-order valence-electron chi connectivity index (χ4n) is 16.1. The first-order valence-electron chi connectivity index (χ1n) is 42.1. The number of aryl methyl sites for hydroxylation is 4. The molecule has 3 N–H and O–H groups in total. The molecule has 2 aliphatic heterocycles. The minimum absolute atomic E-state index is 0.00414. The SMILES string of the molecule is CCCn1ccc2cc(N(CCO)C(=O)c3c(Cl)ncnc3Cl)cc(C3CC3)c21.CCCn1ccc2cc(N(CCO[Si](C)(C)C(C)(C)C)C(=O)c3c(Cl)ncnc3Cl)cc(C3CC3)c21.CCCn1ccc2cc(N3CCOc4ncnc(Cl)c4C3=O)cc(C3CC3)c21.CCCn1ccc2cc(N3CCOc4ncnc(N)c4C3=O)cc(C3CC3)c21. The number of carbonyl (C=O) groups is 4. The first kappa shape index (κ1) is 86.2. The fraction of sp³-hybridized carbons (Fsp3) is 0.422. The van der Waals surface area contributed by atoms with Gasteiger partial charge in [-0.15, -0.1) is 0 Å². The van der Waals surface area contributed by atoms with Gasteiger partial charge in [-0.3, -0.25) is 19.2 Å². The number of fused-ring (bicyclic) bond motifs is 6. The van der Waals surface area contributed by atoms with Gasteiger partial charge in [-0.1, -0.05) is 106 Å². The lowest BCUT2D eigenvalue weighted by Crippen LogP contribution is -2.43. The van der Waals surface area contributed by atoms with E-state index in [0.29, 0.717) is 68.8 Å². The van der Waals surface area contributed by atoms with E-state index in [-0.39, 0.29) is 102 Å². The Kier molecular flexibility index (Phi) is 26.2. The molecule has 0 unspecified atom stereocenters. The Balaban J connectivity index is 0.000000126. The van der Waals surface area contributed by atoms with Crippen LogP contribution in [0.4, 0.5) is 28.6 Å². The van der Waals surface area contributed by atoms with Crippen LogP contribution in [0.15, 0.2) is 123 Å². The zero-order valence-electron chi connectivity index (χ0n) is 69.8. The third-order valence-electron chi connectivity index (χ3n) is 23.6. The highest BCUT2D eigenvalue weighted by atomic mass is 35.5. The van der Waals surface area contributed by atoms with Crippen LogP contribution in [-0.2, 0) is 30.6 Å². The molecule has 31 heteroatoms. The number of aliphatic hydroxyl groups excluding tert-OH is 1. The number of nitrogens with two attached hydrogens (primary N) is 1. The van der Waals surface area contributed by atoms with Gasteiger partial charge in [0.05, 0.1) is 48.4 Å². The Morgan fingerprint density at radius 1 is 0.488 bits per heavy atom. The van der Waals surface area contributed by atoms with Crippen molar-refractivity contribution in [3.8, 4) is 11.8 Å². The van der Waals surface area contributed by atoms with E-state index in [2.05, 4.69) is 211 Å². The van der Waals surface area contributed by atoms with Gasteiger partial charge < -0.3 is 62.6 Å². The second-order valence-corrected chi connectivity index (χ2v) is 39.9. The van der Waals surface area contributed by atoms with Gasteiger partial charge in [-0.25, -0.2) is 39.9 Å². The van der Waals surface area contributed by atoms with Gasteiger partial charge in [0, 0.05) is 108 Å². The minimum atomic E-state index is -2.00. The van der Waals surface area contributed by atoms with Gasteiger partial charge in [-0.05, 0) is 214 Å². The number of aromatic nitrogens is 12. The highest BCUT2D eigenvalue weighted by Gasteiger charge is 2.40. The number of aliphatic hydroxyl groups is 1. The maximum absolute atomic E-state index is 13.9. The summed E-state index contributed by atoms with van der Waals surface area (Å²) in [6.45, 7) is 26.0. The molecule has 18 rings (SSSR count). The van der Waals surface area contributed by atoms with E-state index < -0.39 is 14.2 Å². The summed E-state index contributed by atoms with van der Waals surface area (Å²) in [5.74, 6) is 1.67. The van der Waals surface area contributed by atoms with Crippen LogP contribution in [0.5, 0.6) is 11.8 Å². The normalized spacial score (nSPS) is 15.4. The van der Waals surface area contributed by atoms with Crippen molar-refractivity contribution >= 4 is 162 Å². The van der Waals surface area contributed by atoms with Gasteiger partial charge in [0.25, 0.3) is 23.6 Å². The Labute approximate surface area is 729 Å². The number of benzene rings is 4. The van der Waals surface area contributed by atoms with Gasteiger partial charge in [-0.2, -0.15) is 0 Å². The third kappa shape index (κ3) is 18.4. The molecule has 634 valence electrons. The standard InChI is InChI=1S/C27H36Cl2N4O2Si.C21H22Cl2N4O2.C21H21ClN4O2.C21H23N5O2/c1-7-11-32-12-10-19-15-20(16-21(23(19)32)18-8-9-18)33(13-14-35-36(5,6)27(2,3)4)26(34)22-24(28)30-17-31-25(22)29;1-2-6-26-7-5-14-10-15(11-16(18(14)26)13-3-4-13)27(8-9-28)21(29)17-19(22)24-12-25-20(17)23;2*1-2-6-25-7-5-14-10-15(11-16(18(14)25)13-3-4-13)26-8-9-28-20-17(21(26)27)19(22)23-12-24-20/h10,12,15-18H,7-9,11,13-14H2,1-6H3;5,7,10-13,28H,2-4,6,8-9H2,1H3;5,7,10-13H,2-4,6,8-9H2,1H3;5,7,10-13H,2-4,6,8-9H2,1H3,(H2,22,23,24). The van der Waals surface area contributed by atoms with Crippen LogP contribution in [0, 0.1) is 0 Å². The number of anilines is 5. The molecule has 0 radical (unpaired) electrons. The first-order valence-corrected chi connectivity index (χ1v) is 46.8. The predicted octanol–water partition coefficient (Wildman–Crippen LogP) is 20.1. The number of ether oxygens (including phenoxy) is 2. The number of nitrogen functional groups attached to an aromatic ring is 1. The molecule has 0 spiro atoms. The molecule has 0 atom stereocenters. The topological polar surface area (TPSA) is 278 Å². The molecular formula is C90H102Cl5N17O8Si. The van der Waals surface area contributed by atoms with Crippen LogP contribution in [0.25, 0.3) is 43.6 Å². The van der Waals surface area contributed by atoms with E-state index in [9.17, 15) is 24.3 Å². The average Bonchev–Trinajstić information content (AvgIpc) is 1.59. The van der Waals surface area contributed by atoms with Crippen LogP contribution in [0.3, 0.4) is 0 Å². The average molecular weight is 1760 g/mol. The molecular weight excluding hydrogens is 1650 g/mol. The van der Waals surface area contributed by atoms with Crippen LogP contribution in [0.2, 0.25) is 43.9 Å². The molecule has 4 saturated carbocycles. The lowest BCUT2D eigenvalue weighted by Gasteiger charge is -2.37. The van der Waals surface area contributed by atoms with Crippen molar-refractivity contribution in [1.82, 2.24) is 58.1 Å². The summed E-state index contributed by atoms with van der Waals surface area (Å²) >= 11 is 31.1. The number of amides is 4. The second kappa shape index (κ2) is 36.7. The Morgan fingerprint density at radius 2 is 0.826 bits per heavy atom. The molecule has 121 heavy (non-hydrogen) atoms. The lowest BCUT2D eigenvalue weighted by molar-refractivity contribution is 0.0973. The first-order chi connectivity index (χ1) is 58.3. The van der Waals surface area contributed by atoms with Gasteiger partial charge in [0.2, 0.25) is 11.8 Å². The van der Waals surface area contributed by atoms with Crippen molar-refractivity contribution in [3.63, 3.8) is 0 Å². The zero-order chi connectivity index (χ0) is 85.3. The molecule has 4 amide bonds. The smallest absolute Gasteiger partial charge is 0.267 e. The second-order valence-electron chi connectivity index (χ2n) is 33.3. The summed E-state index contributed by atoms with van der Waals surface area (Å²) in [5.41, 5.74) is 20.2. The summed E-state index contributed by atoms with van der Waals surface area (Å²) < 4.78 is 27.1. The van der Waals surface area contributed by atoms with E-state index in [0.717, 1.165) is 92.5 Å². The largest absolute Gasteiger partial charge is 0.475 e. The molecule has 4 fully saturated rings. The zero-order valence-corrected chi connectivity index (χ0v) is 74.5. The summed E-state index contributed by atoms with van der Waals surface area (Å²) in [5, 5.41) is 14.4. The third-order valence-corrected chi connectivity index (χ3v) is 29.6. The number of rotatable bonds is 24. The lowest BCUT2D eigenvalue weighted by atomic mass is 10.0. The summed E-state index contributed by atoms with van der Waals surface area (Å²) in [7, 11) is -2.00. The van der Waals surface area contributed by atoms with Crippen LogP contribution in [-0.4, -0.2) is 148 Å². The van der Waals surface area contributed by atoms with Crippen LogP contribution >= 0.6 is 58.0 Å². The maximum atomic E-state index is 13.9. The number of halogens is 5. The van der Waals surface area contributed by atoms with Crippen LogP contribution < -0.4 is 34.8 Å². The highest BCUT2D eigenvalue weighted by Crippen LogP contribution is 2.50. The molecule has 6 aliphatic rings. The van der Waals surface area contributed by atoms with Crippen molar-refractivity contribution in [3.05, 3.63) is 193 Å². The monoisotopic (exact) mass is 1750 g/mol. The number of hydrogen-bond donors (Lipinski definition) is 2. The number of hydrogen-bond acceptors (Lipinski definition) is 17. The Bertz CT molecular complexity index is 5680. The van der Waals surface area contributed by atoms with Gasteiger partial charge in [0.1, 0.15) is 92.4 Å². The van der Waals surface area contributed by atoms with Crippen molar-refractivity contribution in [2.24, 2.45) is 0 Å². The van der Waals surface area contributed by atoms with Crippen molar-refractivity contribution < 1.29 is 38.2 Å². The fourth-order valence-corrected chi connectivity index (χ4v) is 18.3.